The third kappa shape index (κ3) is 41.5. The van der Waals surface area contributed by atoms with Crippen LogP contribution in [0.1, 0.15) is 232 Å². The molecule has 0 fully saturated rings. The molecule has 0 aromatic carbocycles. The zero-order valence-corrected chi connectivity index (χ0v) is 36.8. The average molecular weight is 786 g/mol. The van der Waals surface area contributed by atoms with Crippen molar-refractivity contribution < 1.29 is 24.5 Å². The molecule has 3 N–H and O–H groups in total. The summed E-state index contributed by atoms with van der Waals surface area (Å²) in [6.07, 6.45) is 55.1. The van der Waals surface area contributed by atoms with Gasteiger partial charge in [-0.1, -0.05) is 191 Å². The molecule has 56 heavy (non-hydrogen) atoms. The fourth-order valence-electron chi connectivity index (χ4n) is 6.89. The maximum Gasteiger partial charge on any atom is 0.305 e. The number of allylic oxidation sites excluding steroid dienone is 8. The molecule has 2 unspecified atom stereocenters. The van der Waals surface area contributed by atoms with Gasteiger partial charge in [-0.15, -0.1) is 0 Å². The summed E-state index contributed by atoms with van der Waals surface area (Å²) in [5, 5.41) is 23.0. The number of hydrogen-bond donors (Lipinski definition) is 3. The molecule has 0 spiro atoms. The van der Waals surface area contributed by atoms with Crippen LogP contribution < -0.4 is 5.32 Å². The molecule has 0 aromatic rings. The minimum absolute atomic E-state index is 0.0318. The molecule has 0 heterocycles. The number of hydrogen-bond acceptors (Lipinski definition) is 5. The van der Waals surface area contributed by atoms with Crippen molar-refractivity contribution in [2.24, 2.45) is 0 Å². The van der Waals surface area contributed by atoms with E-state index in [0.717, 1.165) is 64.2 Å². The standard InChI is InChI=1S/C50H91NO5/c1-3-5-7-9-11-13-15-16-17-18-21-24-28-32-36-40-44-50(55)56-45-41-37-33-29-25-22-19-20-23-27-31-35-39-43-49(54)51-47(46-52)48(53)42-38-34-30-26-14-12-10-8-6-4-2/h13,15,17-18,20,23,31,35,47-48,52-53H,3-12,14,16,19,21-22,24-30,32-34,36-46H2,1-2H3,(H,51,54)/b15-13-,18-17-,23-20-,35-31-. The van der Waals surface area contributed by atoms with Gasteiger partial charge in [-0.3, -0.25) is 9.59 Å². The fraction of sp³-hybridized carbons (Fsp3) is 0.800. The number of rotatable bonds is 43. The molecule has 0 aliphatic heterocycles. The van der Waals surface area contributed by atoms with Crippen molar-refractivity contribution in [2.45, 2.75) is 244 Å². The Morgan fingerprint density at radius 1 is 0.500 bits per heavy atom. The molecule has 0 saturated heterocycles. The van der Waals surface area contributed by atoms with E-state index >= 15 is 0 Å². The minimum atomic E-state index is -0.698. The number of esters is 1. The van der Waals surface area contributed by atoms with Crippen LogP contribution in [0.15, 0.2) is 48.6 Å². The van der Waals surface area contributed by atoms with Crippen LogP contribution in [0, 0.1) is 0 Å². The van der Waals surface area contributed by atoms with Gasteiger partial charge in [0.25, 0.3) is 0 Å². The highest BCUT2D eigenvalue weighted by Gasteiger charge is 2.19. The van der Waals surface area contributed by atoms with Crippen molar-refractivity contribution in [3.05, 3.63) is 48.6 Å². The summed E-state index contributed by atoms with van der Waals surface area (Å²) in [5.41, 5.74) is 0. The number of unbranched alkanes of at least 4 members (excludes halogenated alkanes) is 24. The van der Waals surface area contributed by atoms with E-state index in [2.05, 4.69) is 61.7 Å². The van der Waals surface area contributed by atoms with E-state index in [4.69, 9.17) is 4.74 Å². The lowest BCUT2D eigenvalue weighted by atomic mass is 10.0. The fourth-order valence-corrected chi connectivity index (χ4v) is 6.89. The van der Waals surface area contributed by atoms with E-state index in [0.29, 0.717) is 32.3 Å². The molecule has 0 radical (unpaired) electrons. The normalized spacial score (nSPS) is 13.1. The molecule has 0 bridgehead atoms. The Morgan fingerprint density at radius 2 is 0.911 bits per heavy atom. The maximum absolute atomic E-state index is 12.3. The largest absolute Gasteiger partial charge is 0.466 e. The summed E-state index contributed by atoms with van der Waals surface area (Å²) in [4.78, 5) is 24.4. The smallest absolute Gasteiger partial charge is 0.305 e. The lowest BCUT2D eigenvalue weighted by molar-refractivity contribution is -0.143. The van der Waals surface area contributed by atoms with Gasteiger partial charge in [-0.2, -0.15) is 0 Å². The molecule has 2 atom stereocenters. The van der Waals surface area contributed by atoms with Gasteiger partial charge in [0.15, 0.2) is 0 Å². The molecule has 6 nitrogen and oxygen atoms in total. The van der Waals surface area contributed by atoms with Crippen LogP contribution in [-0.2, 0) is 14.3 Å². The third-order valence-electron chi connectivity index (χ3n) is 10.6. The number of nitrogens with one attached hydrogen (secondary N) is 1. The topological polar surface area (TPSA) is 95.9 Å². The first-order valence-corrected chi connectivity index (χ1v) is 23.9. The van der Waals surface area contributed by atoms with Gasteiger partial charge in [0.2, 0.25) is 5.91 Å². The molecular weight excluding hydrogens is 695 g/mol. The summed E-state index contributed by atoms with van der Waals surface area (Å²) < 4.78 is 5.44. The molecule has 6 heteroatoms. The number of carbonyl (C=O) groups excluding carboxylic acids is 2. The molecule has 326 valence electrons. The van der Waals surface area contributed by atoms with Gasteiger partial charge in [0, 0.05) is 12.8 Å². The molecule has 1 amide bonds. The summed E-state index contributed by atoms with van der Waals surface area (Å²) >= 11 is 0. The van der Waals surface area contributed by atoms with E-state index < -0.39 is 12.1 Å². The zero-order valence-electron chi connectivity index (χ0n) is 36.8. The Bertz CT molecular complexity index is 957. The second-order valence-electron chi connectivity index (χ2n) is 16.1. The molecule has 0 aliphatic rings. The second kappa shape index (κ2) is 45.5. The minimum Gasteiger partial charge on any atom is -0.466 e. The lowest BCUT2D eigenvalue weighted by Crippen LogP contribution is -2.45. The number of aliphatic hydroxyl groups is 2. The van der Waals surface area contributed by atoms with Crippen molar-refractivity contribution in [1.29, 1.82) is 0 Å². The van der Waals surface area contributed by atoms with Crippen LogP contribution in [0.2, 0.25) is 0 Å². The second-order valence-corrected chi connectivity index (χ2v) is 16.1. The van der Waals surface area contributed by atoms with Crippen LogP contribution in [-0.4, -0.2) is 47.4 Å². The number of ether oxygens (including phenoxy) is 1. The average Bonchev–Trinajstić information content (AvgIpc) is 3.20. The Hall–Kier alpha value is -2.18. The SMILES string of the molecule is CCCCCC/C=C\C/C=C\CCCCCCCC(=O)OCCCCCCCC/C=C\C/C=C\CCC(=O)NC(CO)C(O)CCCCCCCCCCCC. The van der Waals surface area contributed by atoms with Gasteiger partial charge >= 0.3 is 5.97 Å². The lowest BCUT2D eigenvalue weighted by Gasteiger charge is -2.22. The van der Waals surface area contributed by atoms with Gasteiger partial charge in [0.05, 0.1) is 25.4 Å². The van der Waals surface area contributed by atoms with Crippen molar-refractivity contribution in [3.63, 3.8) is 0 Å². The number of aliphatic hydroxyl groups excluding tert-OH is 2. The van der Waals surface area contributed by atoms with Crippen LogP contribution in [0.4, 0.5) is 0 Å². The highest BCUT2D eigenvalue weighted by Crippen LogP contribution is 2.14. The first-order valence-electron chi connectivity index (χ1n) is 23.9. The van der Waals surface area contributed by atoms with Crippen LogP contribution in [0.3, 0.4) is 0 Å². The first-order chi connectivity index (χ1) is 27.5. The van der Waals surface area contributed by atoms with Gasteiger partial charge in [0.1, 0.15) is 0 Å². The molecular formula is C50H91NO5. The van der Waals surface area contributed by atoms with Crippen molar-refractivity contribution in [1.82, 2.24) is 5.32 Å². The zero-order chi connectivity index (χ0) is 40.8. The Labute approximate surface area is 346 Å². The van der Waals surface area contributed by atoms with E-state index in [-0.39, 0.29) is 18.5 Å². The molecule has 0 rings (SSSR count). The Morgan fingerprint density at radius 3 is 1.41 bits per heavy atom. The quantitative estimate of drug-likeness (QED) is 0.0325. The monoisotopic (exact) mass is 786 g/mol. The van der Waals surface area contributed by atoms with E-state index in [1.54, 1.807) is 0 Å². The van der Waals surface area contributed by atoms with E-state index in [1.807, 2.05) is 6.08 Å². The van der Waals surface area contributed by atoms with Gasteiger partial charge in [-0.25, -0.2) is 0 Å². The Balaban J connectivity index is 3.56. The van der Waals surface area contributed by atoms with E-state index in [9.17, 15) is 19.8 Å². The van der Waals surface area contributed by atoms with Gasteiger partial charge in [-0.05, 0) is 77.0 Å². The maximum atomic E-state index is 12.3. The van der Waals surface area contributed by atoms with Gasteiger partial charge < -0.3 is 20.3 Å². The van der Waals surface area contributed by atoms with Crippen LogP contribution in [0.25, 0.3) is 0 Å². The van der Waals surface area contributed by atoms with Crippen LogP contribution >= 0.6 is 0 Å². The van der Waals surface area contributed by atoms with Crippen molar-refractivity contribution >= 4 is 11.9 Å². The number of carbonyl (C=O) groups is 2. The number of amides is 1. The third-order valence-corrected chi connectivity index (χ3v) is 10.6. The van der Waals surface area contributed by atoms with Crippen molar-refractivity contribution in [3.8, 4) is 0 Å². The molecule has 0 aliphatic carbocycles. The molecule has 0 saturated carbocycles. The highest BCUT2D eigenvalue weighted by atomic mass is 16.5. The summed E-state index contributed by atoms with van der Waals surface area (Å²) in [5.74, 6) is -0.152. The molecule has 0 aromatic heterocycles. The van der Waals surface area contributed by atoms with E-state index in [1.165, 1.54) is 128 Å². The summed E-state index contributed by atoms with van der Waals surface area (Å²) in [6, 6.07) is -0.585. The summed E-state index contributed by atoms with van der Waals surface area (Å²) in [6.45, 7) is 4.83. The predicted octanol–water partition coefficient (Wildman–Crippen LogP) is 13.9. The highest BCUT2D eigenvalue weighted by molar-refractivity contribution is 5.76. The van der Waals surface area contributed by atoms with Crippen LogP contribution in [0.5, 0.6) is 0 Å². The van der Waals surface area contributed by atoms with Crippen molar-refractivity contribution in [2.75, 3.05) is 13.2 Å². The summed E-state index contributed by atoms with van der Waals surface area (Å²) in [7, 11) is 0. The predicted molar refractivity (Wildman–Crippen MR) is 241 cm³/mol. The Kier molecular flexibility index (Phi) is 43.7. The first kappa shape index (κ1) is 53.8.